The predicted octanol–water partition coefficient (Wildman–Crippen LogP) is 1.75. The van der Waals surface area contributed by atoms with Crippen LogP contribution in [-0.2, 0) is 13.0 Å². The van der Waals surface area contributed by atoms with Crippen LogP contribution in [0.4, 0.5) is 0 Å². The number of aromatic nitrogens is 2. The van der Waals surface area contributed by atoms with Crippen LogP contribution in [0.15, 0.2) is 4.79 Å². The summed E-state index contributed by atoms with van der Waals surface area (Å²) in [5.41, 5.74) is 1.23. The Bertz CT molecular complexity index is 626. The second kappa shape index (κ2) is 3.92. The van der Waals surface area contributed by atoms with Gasteiger partial charge in [0.2, 0.25) is 0 Å². The number of nitrogens with one attached hydrogen (secondary N) is 2. The summed E-state index contributed by atoms with van der Waals surface area (Å²) in [7, 11) is 0. The third-order valence-electron chi connectivity index (χ3n) is 3.15. The highest BCUT2D eigenvalue weighted by molar-refractivity contribution is 7.18. The molecule has 0 aliphatic carbocycles. The molecule has 0 saturated heterocycles. The molecule has 0 fully saturated rings. The zero-order chi connectivity index (χ0) is 12.0. The van der Waals surface area contributed by atoms with Gasteiger partial charge in [0.05, 0.1) is 5.39 Å². The third kappa shape index (κ3) is 1.70. The van der Waals surface area contributed by atoms with Crippen LogP contribution in [0.2, 0.25) is 0 Å². The van der Waals surface area contributed by atoms with E-state index in [9.17, 15) is 4.79 Å². The summed E-state index contributed by atoms with van der Waals surface area (Å²) in [5.74, 6) is 1.04. The van der Waals surface area contributed by atoms with Crippen molar-refractivity contribution in [2.45, 2.75) is 32.7 Å². The molecule has 0 bridgehead atoms. The number of thiophene rings is 1. The van der Waals surface area contributed by atoms with Crippen LogP contribution in [0.3, 0.4) is 0 Å². The molecular weight excluding hydrogens is 234 g/mol. The Morgan fingerprint density at radius 3 is 3.00 bits per heavy atom. The molecule has 0 aromatic carbocycles. The van der Waals surface area contributed by atoms with Crippen molar-refractivity contribution in [1.82, 2.24) is 15.3 Å². The Balaban J connectivity index is 2.31. The van der Waals surface area contributed by atoms with E-state index in [1.165, 1.54) is 10.4 Å². The minimum absolute atomic E-state index is 0.0260. The molecule has 1 aliphatic rings. The fourth-order valence-electron chi connectivity index (χ4n) is 2.22. The van der Waals surface area contributed by atoms with Gasteiger partial charge in [-0.1, -0.05) is 13.8 Å². The molecule has 3 rings (SSSR count). The van der Waals surface area contributed by atoms with E-state index >= 15 is 0 Å². The molecule has 2 aromatic heterocycles. The molecule has 0 radical (unpaired) electrons. The quantitative estimate of drug-likeness (QED) is 0.809. The maximum Gasteiger partial charge on any atom is 0.259 e. The van der Waals surface area contributed by atoms with Crippen LogP contribution in [0, 0.1) is 0 Å². The topological polar surface area (TPSA) is 57.8 Å². The van der Waals surface area contributed by atoms with Gasteiger partial charge in [-0.2, -0.15) is 0 Å². The third-order valence-corrected chi connectivity index (χ3v) is 4.27. The van der Waals surface area contributed by atoms with E-state index in [0.717, 1.165) is 35.6 Å². The first-order chi connectivity index (χ1) is 8.16. The molecule has 0 unspecified atom stereocenters. The summed E-state index contributed by atoms with van der Waals surface area (Å²) < 4.78 is 0. The first-order valence-corrected chi connectivity index (χ1v) is 6.73. The number of hydrogen-bond donors (Lipinski definition) is 2. The van der Waals surface area contributed by atoms with E-state index in [1.807, 2.05) is 13.8 Å². The number of nitrogens with zero attached hydrogens (tertiary/aromatic N) is 1. The Morgan fingerprint density at radius 2 is 2.24 bits per heavy atom. The van der Waals surface area contributed by atoms with Crippen molar-refractivity contribution in [3.8, 4) is 0 Å². The van der Waals surface area contributed by atoms with Gasteiger partial charge in [0.25, 0.3) is 5.56 Å². The van der Waals surface area contributed by atoms with E-state index in [0.29, 0.717) is 0 Å². The SMILES string of the molecule is CC(C)c1nc2sc3c(c2c(=O)[nH]1)CCNC3. The van der Waals surface area contributed by atoms with Crippen molar-refractivity contribution in [2.24, 2.45) is 0 Å². The largest absolute Gasteiger partial charge is 0.312 e. The molecule has 2 N–H and O–H groups in total. The molecule has 0 amide bonds. The highest BCUT2D eigenvalue weighted by Gasteiger charge is 2.19. The standard InChI is InChI=1S/C12H15N3OS/c1-6(2)10-14-11(16)9-7-3-4-13-5-8(7)17-12(9)15-10/h6,13H,3-5H2,1-2H3,(H,14,15,16). The lowest BCUT2D eigenvalue weighted by atomic mass is 10.1. The Labute approximate surface area is 103 Å². The average molecular weight is 249 g/mol. The van der Waals surface area contributed by atoms with Crippen molar-refractivity contribution >= 4 is 21.6 Å². The van der Waals surface area contributed by atoms with Crippen LogP contribution < -0.4 is 10.9 Å². The molecule has 2 aromatic rings. The highest BCUT2D eigenvalue weighted by atomic mass is 32.1. The lowest BCUT2D eigenvalue weighted by Crippen LogP contribution is -2.23. The van der Waals surface area contributed by atoms with Crippen LogP contribution in [0.1, 0.15) is 36.0 Å². The van der Waals surface area contributed by atoms with Gasteiger partial charge in [-0.15, -0.1) is 11.3 Å². The molecule has 3 heterocycles. The minimum Gasteiger partial charge on any atom is -0.312 e. The van der Waals surface area contributed by atoms with Crippen LogP contribution in [0.25, 0.3) is 10.2 Å². The Morgan fingerprint density at radius 1 is 1.41 bits per heavy atom. The van der Waals surface area contributed by atoms with Gasteiger partial charge in [0, 0.05) is 17.3 Å². The molecule has 0 spiro atoms. The first kappa shape index (κ1) is 10.9. The van der Waals surface area contributed by atoms with Crippen molar-refractivity contribution in [3.63, 3.8) is 0 Å². The zero-order valence-corrected chi connectivity index (χ0v) is 10.8. The van der Waals surface area contributed by atoms with E-state index in [2.05, 4.69) is 15.3 Å². The fraction of sp³-hybridized carbons (Fsp3) is 0.500. The van der Waals surface area contributed by atoms with E-state index in [1.54, 1.807) is 11.3 Å². The monoisotopic (exact) mass is 249 g/mol. The van der Waals surface area contributed by atoms with Crippen molar-refractivity contribution in [3.05, 3.63) is 26.6 Å². The lowest BCUT2D eigenvalue weighted by molar-refractivity contribution is 0.657. The van der Waals surface area contributed by atoms with Gasteiger partial charge in [0.15, 0.2) is 0 Å². The summed E-state index contributed by atoms with van der Waals surface area (Å²) in [5, 5.41) is 4.14. The van der Waals surface area contributed by atoms with Gasteiger partial charge in [-0.25, -0.2) is 4.98 Å². The summed E-state index contributed by atoms with van der Waals surface area (Å²) >= 11 is 1.65. The molecule has 0 saturated carbocycles. The average Bonchev–Trinajstić information content (AvgIpc) is 2.67. The highest BCUT2D eigenvalue weighted by Crippen LogP contribution is 2.30. The molecular formula is C12H15N3OS. The van der Waals surface area contributed by atoms with Crippen LogP contribution in [0.5, 0.6) is 0 Å². The van der Waals surface area contributed by atoms with Crippen molar-refractivity contribution in [1.29, 1.82) is 0 Å². The molecule has 4 nitrogen and oxygen atoms in total. The summed E-state index contributed by atoms with van der Waals surface area (Å²) in [6.07, 6.45) is 0.932. The fourth-order valence-corrected chi connectivity index (χ4v) is 3.42. The van der Waals surface area contributed by atoms with E-state index in [-0.39, 0.29) is 11.5 Å². The Kier molecular flexibility index (Phi) is 2.52. The molecule has 17 heavy (non-hydrogen) atoms. The normalized spacial score (nSPS) is 15.5. The van der Waals surface area contributed by atoms with Gasteiger partial charge < -0.3 is 10.3 Å². The van der Waals surface area contributed by atoms with Crippen molar-refractivity contribution < 1.29 is 0 Å². The number of hydrogen-bond acceptors (Lipinski definition) is 4. The minimum atomic E-state index is 0.0260. The van der Waals surface area contributed by atoms with Gasteiger partial charge in [-0.05, 0) is 18.5 Å². The number of fused-ring (bicyclic) bond motifs is 3. The number of H-pyrrole nitrogens is 1. The smallest absolute Gasteiger partial charge is 0.259 e. The van der Waals surface area contributed by atoms with Crippen molar-refractivity contribution in [2.75, 3.05) is 6.54 Å². The van der Waals surface area contributed by atoms with Crippen LogP contribution in [-0.4, -0.2) is 16.5 Å². The van der Waals surface area contributed by atoms with E-state index in [4.69, 9.17) is 0 Å². The maximum atomic E-state index is 12.1. The molecule has 90 valence electrons. The summed E-state index contributed by atoms with van der Waals surface area (Å²) in [4.78, 5) is 21.8. The van der Waals surface area contributed by atoms with Gasteiger partial charge >= 0.3 is 0 Å². The second-order valence-electron chi connectivity index (χ2n) is 4.72. The molecule has 1 aliphatic heterocycles. The molecule has 0 atom stereocenters. The van der Waals surface area contributed by atoms with E-state index < -0.39 is 0 Å². The van der Waals surface area contributed by atoms with Crippen LogP contribution >= 0.6 is 11.3 Å². The maximum absolute atomic E-state index is 12.1. The van der Waals surface area contributed by atoms with Gasteiger partial charge in [0.1, 0.15) is 10.7 Å². The number of aromatic amines is 1. The first-order valence-electron chi connectivity index (χ1n) is 5.92. The Hall–Kier alpha value is -1.20. The molecule has 5 heteroatoms. The van der Waals surface area contributed by atoms with Gasteiger partial charge in [-0.3, -0.25) is 4.79 Å². The second-order valence-corrected chi connectivity index (χ2v) is 5.80. The summed E-state index contributed by atoms with van der Waals surface area (Å²) in [6.45, 7) is 5.90. The predicted molar refractivity (Wildman–Crippen MR) is 69.7 cm³/mol. The summed E-state index contributed by atoms with van der Waals surface area (Å²) in [6, 6.07) is 0. The zero-order valence-electron chi connectivity index (χ0n) is 9.96. The lowest BCUT2D eigenvalue weighted by Gasteiger charge is -2.11. The number of rotatable bonds is 1.